The van der Waals surface area contributed by atoms with Crippen molar-refractivity contribution in [1.82, 2.24) is 0 Å². The quantitative estimate of drug-likeness (QED) is 0.150. The topological polar surface area (TPSA) is 73.6 Å². The molecule has 0 aliphatic carbocycles. The molecule has 0 aliphatic rings. The van der Waals surface area contributed by atoms with Gasteiger partial charge in [0.05, 0.1) is 12.1 Å². The lowest BCUT2D eigenvalue weighted by atomic mass is 9.93. The van der Waals surface area contributed by atoms with Gasteiger partial charge in [-0.1, -0.05) is 104 Å². The van der Waals surface area contributed by atoms with Crippen LogP contribution in [0, 0.1) is 22.7 Å². The van der Waals surface area contributed by atoms with Gasteiger partial charge in [-0.05, 0) is 81.8 Å². The molecule has 5 aromatic carbocycles. The SMILES string of the molecule is C=C/C(C#N)=C\Cc1cccc(-c2cc3sc4cc(-c5cccc(/C(N)=C/C(C#N)=C\C)c5)ccc4c3c3ccccc23)c1. The number of benzene rings is 5. The molecule has 6 rings (SSSR count). The molecule has 0 unspecified atom stereocenters. The van der Waals surface area contributed by atoms with Crippen LogP contribution in [0.5, 0.6) is 0 Å². The average Bonchev–Trinajstić information content (AvgIpc) is 3.45. The fourth-order valence-electron chi connectivity index (χ4n) is 5.64. The zero-order valence-corrected chi connectivity index (χ0v) is 25.2. The molecule has 0 fully saturated rings. The maximum atomic E-state index is 9.30. The average molecular weight is 584 g/mol. The van der Waals surface area contributed by atoms with E-state index in [2.05, 4.69) is 104 Å². The van der Waals surface area contributed by atoms with Crippen molar-refractivity contribution in [1.29, 1.82) is 10.5 Å². The lowest BCUT2D eigenvalue weighted by Crippen LogP contribution is -1.97. The predicted octanol–water partition coefficient (Wildman–Crippen LogP) is 10.5. The van der Waals surface area contributed by atoms with Crippen molar-refractivity contribution in [2.24, 2.45) is 5.73 Å². The minimum absolute atomic E-state index is 0.538. The Bertz CT molecular complexity index is 2260. The molecule has 3 nitrogen and oxygen atoms in total. The van der Waals surface area contributed by atoms with E-state index >= 15 is 0 Å². The van der Waals surface area contributed by atoms with Crippen LogP contribution in [-0.2, 0) is 6.42 Å². The number of nitriles is 2. The van der Waals surface area contributed by atoms with Gasteiger partial charge < -0.3 is 5.73 Å². The first kappa shape index (κ1) is 28.4. The van der Waals surface area contributed by atoms with Gasteiger partial charge in [-0.15, -0.1) is 11.3 Å². The van der Waals surface area contributed by atoms with Gasteiger partial charge in [-0.3, -0.25) is 0 Å². The number of fused-ring (bicyclic) bond motifs is 5. The molecule has 44 heavy (non-hydrogen) atoms. The summed E-state index contributed by atoms with van der Waals surface area (Å²) in [4.78, 5) is 0. The maximum Gasteiger partial charge on any atom is 0.0988 e. The van der Waals surface area contributed by atoms with Gasteiger partial charge in [0.25, 0.3) is 0 Å². The Morgan fingerprint density at radius 3 is 2.30 bits per heavy atom. The molecule has 0 saturated carbocycles. The van der Waals surface area contributed by atoms with Crippen LogP contribution in [0.25, 0.3) is 58.9 Å². The van der Waals surface area contributed by atoms with Crippen molar-refractivity contribution in [3.05, 3.63) is 150 Å². The summed E-state index contributed by atoms with van der Waals surface area (Å²) < 4.78 is 2.47. The number of rotatable bonds is 7. The van der Waals surface area contributed by atoms with Gasteiger partial charge in [0.1, 0.15) is 0 Å². The lowest BCUT2D eigenvalue weighted by Gasteiger charge is -2.10. The Morgan fingerprint density at radius 2 is 1.52 bits per heavy atom. The third-order valence-corrected chi connectivity index (χ3v) is 9.00. The van der Waals surface area contributed by atoms with Gasteiger partial charge >= 0.3 is 0 Å². The van der Waals surface area contributed by atoms with Crippen LogP contribution in [0.15, 0.2) is 139 Å². The summed E-state index contributed by atoms with van der Waals surface area (Å²) in [6.45, 7) is 5.56. The Balaban J connectivity index is 1.45. The van der Waals surface area contributed by atoms with Crippen LogP contribution in [0.1, 0.15) is 18.1 Å². The summed E-state index contributed by atoms with van der Waals surface area (Å²) in [7, 11) is 0. The Morgan fingerprint density at radius 1 is 0.773 bits per heavy atom. The fraction of sp³-hybridized carbons (Fsp3) is 0.0500. The molecule has 6 aromatic rings. The highest BCUT2D eigenvalue weighted by Gasteiger charge is 2.15. The normalized spacial score (nSPS) is 12.4. The van der Waals surface area contributed by atoms with Crippen molar-refractivity contribution in [3.8, 4) is 34.4 Å². The zero-order valence-electron chi connectivity index (χ0n) is 24.3. The molecule has 210 valence electrons. The van der Waals surface area contributed by atoms with E-state index in [1.807, 2.05) is 36.5 Å². The minimum atomic E-state index is 0.538. The van der Waals surface area contributed by atoms with Crippen LogP contribution < -0.4 is 5.73 Å². The number of thiophene rings is 1. The Labute approximate surface area is 261 Å². The highest BCUT2D eigenvalue weighted by Crippen LogP contribution is 2.43. The number of nitrogens with two attached hydrogens (primary N) is 1. The second-order valence-electron chi connectivity index (χ2n) is 10.6. The molecule has 0 bridgehead atoms. The van der Waals surface area contributed by atoms with E-state index in [1.165, 1.54) is 36.5 Å². The zero-order chi connectivity index (χ0) is 30.6. The van der Waals surface area contributed by atoms with Crippen molar-refractivity contribution in [2.75, 3.05) is 0 Å². The number of hydrogen-bond donors (Lipinski definition) is 1. The number of nitrogens with zero attached hydrogens (tertiary/aromatic N) is 2. The van der Waals surface area contributed by atoms with E-state index in [1.54, 1.807) is 18.2 Å². The van der Waals surface area contributed by atoms with Gasteiger partial charge in [0.2, 0.25) is 0 Å². The first-order valence-corrected chi connectivity index (χ1v) is 15.2. The highest BCUT2D eigenvalue weighted by atomic mass is 32.1. The van der Waals surface area contributed by atoms with Gasteiger partial charge in [0.15, 0.2) is 0 Å². The first-order chi connectivity index (χ1) is 21.5. The summed E-state index contributed by atoms with van der Waals surface area (Å²) >= 11 is 1.81. The lowest BCUT2D eigenvalue weighted by molar-refractivity contribution is 1.26. The smallest absolute Gasteiger partial charge is 0.0988 e. The second-order valence-corrected chi connectivity index (χ2v) is 11.7. The minimum Gasteiger partial charge on any atom is -0.398 e. The molecule has 0 amide bonds. The molecule has 0 radical (unpaired) electrons. The van der Waals surface area contributed by atoms with Crippen molar-refractivity contribution in [2.45, 2.75) is 13.3 Å². The van der Waals surface area contributed by atoms with Crippen LogP contribution in [-0.4, -0.2) is 0 Å². The summed E-state index contributed by atoms with van der Waals surface area (Å²) in [5, 5.41) is 23.5. The van der Waals surface area contributed by atoms with Crippen molar-refractivity contribution in [3.63, 3.8) is 0 Å². The van der Waals surface area contributed by atoms with E-state index < -0.39 is 0 Å². The van der Waals surface area contributed by atoms with E-state index in [-0.39, 0.29) is 0 Å². The second kappa shape index (κ2) is 12.3. The molecule has 0 spiro atoms. The Hall–Kier alpha value is -5.68. The van der Waals surface area contributed by atoms with Crippen LogP contribution >= 0.6 is 11.3 Å². The van der Waals surface area contributed by atoms with Crippen LogP contribution in [0.3, 0.4) is 0 Å². The van der Waals surface area contributed by atoms with Crippen LogP contribution in [0.2, 0.25) is 0 Å². The molecular weight excluding hydrogens is 555 g/mol. The third kappa shape index (κ3) is 5.43. The van der Waals surface area contributed by atoms with E-state index in [0.29, 0.717) is 23.3 Å². The molecule has 0 saturated heterocycles. The fourth-order valence-corrected chi connectivity index (χ4v) is 6.84. The molecule has 4 heteroatoms. The summed E-state index contributed by atoms with van der Waals surface area (Å²) in [5.41, 5.74) is 14.6. The first-order valence-electron chi connectivity index (χ1n) is 14.4. The van der Waals surface area contributed by atoms with Gasteiger partial charge in [-0.25, -0.2) is 0 Å². The molecule has 1 aromatic heterocycles. The van der Waals surface area contributed by atoms with Gasteiger partial charge in [0, 0.05) is 37.0 Å². The maximum absolute atomic E-state index is 9.30. The molecule has 0 atom stereocenters. The van der Waals surface area contributed by atoms with E-state index in [0.717, 1.165) is 27.8 Å². The monoisotopic (exact) mass is 583 g/mol. The standard InChI is InChI=1S/C40H29N3S/c1-3-26(24-41)15-16-28-9-7-11-31(19-28)36-23-39-40(34-14-6-5-13-33(34)36)35-18-17-30(22-38(35)44-39)29-10-8-12-32(21-29)37(43)20-27(4-2)25-42/h3-15,17-23H,1,16,43H2,2H3/b26-15+,27-4+,37-20-. The molecular formula is C40H29N3S. The number of hydrogen-bond acceptors (Lipinski definition) is 4. The summed E-state index contributed by atoms with van der Waals surface area (Å²) in [6.07, 6.45) is 7.66. The largest absolute Gasteiger partial charge is 0.398 e. The van der Waals surface area contributed by atoms with E-state index in [4.69, 9.17) is 5.73 Å². The van der Waals surface area contributed by atoms with Crippen molar-refractivity contribution < 1.29 is 0 Å². The van der Waals surface area contributed by atoms with E-state index in [9.17, 15) is 10.5 Å². The molecule has 2 N–H and O–H groups in total. The van der Waals surface area contributed by atoms with Gasteiger partial charge in [-0.2, -0.15) is 10.5 Å². The number of allylic oxidation sites excluding steroid dienone is 6. The molecule has 0 aliphatic heterocycles. The van der Waals surface area contributed by atoms with Crippen molar-refractivity contribution >= 4 is 48.0 Å². The predicted molar refractivity (Wildman–Crippen MR) is 187 cm³/mol. The summed E-state index contributed by atoms with van der Waals surface area (Å²) in [6, 6.07) is 38.7. The highest BCUT2D eigenvalue weighted by molar-refractivity contribution is 7.26. The Kier molecular flexibility index (Phi) is 7.94. The van der Waals surface area contributed by atoms with Crippen LogP contribution in [0.4, 0.5) is 0 Å². The third-order valence-electron chi connectivity index (χ3n) is 7.90. The summed E-state index contributed by atoms with van der Waals surface area (Å²) in [5.74, 6) is 0. The molecule has 1 heterocycles.